The van der Waals surface area contributed by atoms with Gasteiger partial charge in [-0.25, -0.2) is 0 Å². The molecule has 0 heterocycles. The summed E-state index contributed by atoms with van der Waals surface area (Å²) >= 11 is 0. The second-order valence-corrected chi connectivity index (χ2v) is 0. The van der Waals surface area contributed by atoms with E-state index in [1.165, 1.54) is 0 Å². The van der Waals surface area contributed by atoms with Gasteiger partial charge in [-0.05, 0) is 0 Å². The van der Waals surface area contributed by atoms with E-state index in [9.17, 15) is 0 Å². The van der Waals surface area contributed by atoms with Crippen molar-refractivity contribution in [1.82, 2.24) is 0 Å². The largest absolute Gasteiger partial charge is 0.0776 e. The molecule has 0 aliphatic heterocycles. The van der Waals surface area contributed by atoms with Crippen LogP contribution in [-0.2, 0) is 0 Å². The van der Waals surface area contributed by atoms with E-state index in [4.69, 9.17) is 0 Å². The highest BCUT2D eigenvalue weighted by Crippen LogP contribution is 1.15. The van der Waals surface area contributed by atoms with Crippen LogP contribution < -0.4 is 0 Å². The maximum absolute atomic E-state index is 2.00. The molecule has 0 N–H and O–H groups in total. The molecule has 0 heteroatoms. The van der Waals surface area contributed by atoms with Crippen LogP contribution >= 0.6 is 0 Å². The molecule has 0 spiro atoms. The van der Waals surface area contributed by atoms with Crippen molar-refractivity contribution in [3.05, 3.63) is 0 Å². The van der Waals surface area contributed by atoms with Crippen LogP contribution in [0.25, 0.3) is 0 Å². The Balaban J connectivity index is -0.000000000404. The van der Waals surface area contributed by atoms with E-state index in [0.717, 1.165) is 0 Å². The highest BCUT2D eigenvalue weighted by Gasteiger charge is 0.938. The highest BCUT2D eigenvalue weighted by molar-refractivity contribution is 3.51. The van der Waals surface area contributed by atoms with Gasteiger partial charge < -0.3 is 0 Å². The zero-order valence-corrected chi connectivity index (χ0v) is 8.00. The molecule has 0 atom stereocenters. The van der Waals surface area contributed by atoms with Gasteiger partial charge in [0, 0.05) is 0 Å². The normalized spacial score (nSPS) is 1.00. The first-order valence-electron chi connectivity index (χ1n) is 4.00. The van der Waals surface area contributed by atoms with E-state index in [-0.39, 0.29) is 119 Å². The molecule has 0 aliphatic rings. The van der Waals surface area contributed by atoms with Crippen molar-refractivity contribution in [2.24, 2.45) is 0 Å². The van der Waals surface area contributed by atoms with Crippen LogP contribution in [0.15, 0.2) is 0 Å². The minimum absolute atomic E-state index is 0. The molecule has 0 saturated carbocycles. The van der Waals surface area contributed by atoms with Crippen LogP contribution in [0.4, 0.5) is 0 Å². The third-order valence-electron chi connectivity index (χ3n) is 0. The number of rotatable bonds is 0. The van der Waals surface area contributed by atoms with E-state index in [0.29, 0.717) is 0 Å². The molecule has 0 rings (SSSR count). The van der Waals surface area contributed by atoms with Crippen molar-refractivity contribution in [2.45, 2.75) is 174 Å². The second-order valence-electron chi connectivity index (χ2n) is 0. The Kier molecular flexibility index (Phi) is 0. The van der Waals surface area contributed by atoms with Crippen LogP contribution in [0.5, 0.6) is 0 Å². The fourth-order valence-electron chi connectivity index (χ4n) is 0. The van der Waals surface area contributed by atoms with Gasteiger partial charge in [0.05, 0.1) is 0 Å². The SMILES string of the molecule is C.C.C.C.C.C.C.C.C.C.C.C.C.C.C.C.CC.CC.CC.CC. The van der Waals surface area contributed by atoms with E-state index in [1.807, 2.05) is 55.4 Å². The molecule has 0 aromatic heterocycles. The van der Waals surface area contributed by atoms with Crippen molar-refractivity contribution < 1.29 is 0 Å². The Bertz CT molecular complexity index is 0. The summed E-state index contributed by atoms with van der Waals surface area (Å²) in [6.45, 7) is 16.0. The third kappa shape index (κ3) is 0. The Morgan fingerprint density at radius 3 is 0.125 bits per heavy atom. The lowest BCUT2D eigenvalue weighted by Crippen LogP contribution is -0.856. The number of hydrogen-bond donors (Lipinski definition) is 0. The van der Waals surface area contributed by atoms with Crippen molar-refractivity contribution in [3.63, 3.8) is 0 Å². The second kappa shape index (κ2) is 0. The fraction of sp³-hybridized carbons (Fsp3) is 1.00. The lowest BCUT2D eigenvalue weighted by Gasteiger charge is -1.07. The van der Waals surface area contributed by atoms with Gasteiger partial charge in [0.2, 0.25) is 0 Å². The van der Waals surface area contributed by atoms with Crippen LogP contribution in [0, 0.1) is 0 Å². The molecule has 24 heavy (non-hydrogen) atoms. The summed E-state index contributed by atoms with van der Waals surface area (Å²) in [5.41, 5.74) is 0. The van der Waals surface area contributed by atoms with Crippen LogP contribution in [-0.4, -0.2) is 0 Å². The molecule has 0 aromatic carbocycles. The average Bonchev–Trinajstić information content (AvgIpc) is 2.03. The van der Waals surface area contributed by atoms with Crippen molar-refractivity contribution in [3.8, 4) is 0 Å². The Hall–Kier alpha value is 0. The molecule has 0 nitrogen and oxygen atoms in total. The van der Waals surface area contributed by atoms with Crippen LogP contribution in [0.1, 0.15) is 174 Å². The molecule has 0 saturated heterocycles. The molecule has 0 aromatic rings. The monoisotopic (exact) mass is 377 g/mol. The maximum atomic E-state index is 2.00. The fourth-order valence-corrected chi connectivity index (χ4v) is 0. The van der Waals surface area contributed by atoms with Gasteiger partial charge in [0.15, 0.2) is 0 Å². The van der Waals surface area contributed by atoms with Crippen molar-refractivity contribution >= 4 is 0 Å². The molecular formula is C24H88. The first-order chi connectivity index (χ1) is 4.00. The molecule has 0 fully saturated rings. The zero-order chi connectivity index (χ0) is 8.00. The summed E-state index contributed by atoms with van der Waals surface area (Å²) in [6.07, 6.45) is 0. The lowest BCUT2D eigenvalue weighted by molar-refractivity contribution is 1.50. The topological polar surface area (TPSA) is 0 Å². The van der Waals surface area contributed by atoms with E-state index in [1.54, 1.807) is 0 Å². The minimum Gasteiger partial charge on any atom is -0.0776 e. The first-order valence-corrected chi connectivity index (χ1v) is 4.00. The Labute approximate surface area is 174 Å². The molecule has 0 radical (unpaired) electrons. The summed E-state index contributed by atoms with van der Waals surface area (Å²) in [7, 11) is 0. The van der Waals surface area contributed by atoms with Crippen molar-refractivity contribution in [2.75, 3.05) is 0 Å². The van der Waals surface area contributed by atoms with Gasteiger partial charge in [-0.15, -0.1) is 0 Å². The van der Waals surface area contributed by atoms with Gasteiger partial charge in [-0.1, -0.05) is 174 Å². The Morgan fingerprint density at radius 1 is 0.125 bits per heavy atom. The van der Waals surface area contributed by atoms with Gasteiger partial charge >= 0.3 is 0 Å². The van der Waals surface area contributed by atoms with Crippen LogP contribution in [0.2, 0.25) is 0 Å². The molecule has 184 valence electrons. The summed E-state index contributed by atoms with van der Waals surface area (Å²) in [6, 6.07) is 0. The van der Waals surface area contributed by atoms with Crippen molar-refractivity contribution in [1.29, 1.82) is 0 Å². The van der Waals surface area contributed by atoms with E-state index >= 15 is 0 Å². The zero-order valence-electron chi connectivity index (χ0n) is 8.00. The quantitative estimate of drug-likeness (QED) is 0.394. The highest BCUT2D eigenvalue weighted by atomic mass is 13.0. The standard InChI is InChI=1S/4C2H6.16CH4/c4*1-2;;;;;;;;;;;;;;;;/h4*1-2H3;16*1H4. The number of hydrogen-bond acceptors (Lipinski definition) is 0. The molecular weight excluding hydrogens is 288 g/mol. The summed E-state index contributed by atoms with van der Waals surface area (Å²) in [5, 5.41) is 0. The Morgan fingerprint density at radius 2 is 0.125 bits per heavy atom. The van der Waals surface area contributed by atoms with Gasteiger partial charge in [-0.2, -0.15) is 0 Å². The van der Waals surface area contributed by atoms with Crippen LogP contribution in [0.3, 0.4) is 0 Å². The average molecular weight is 377 g/mol. The third-order valence-corrected chi connectivity index (χ3v) is 0. The maximum Gasteiger partial charge on any atom is -0.0683 e. The minimum atomic E-state index is 0. The smallest absolute Gasteiger partial charge is 0.0683 e. The van der Waals surface area contributed by atoms with Gasteiger partial charge in [0.1, 0.15) is 0 Å². The van der Waals surface area contributed by atoms with Gasteiger partial charge in [0.25, 0.3) is 0 Å². The van der Waals surface area contributed by atoms with Gasteiger partial charge in [-0.3, -0.25) is 0 Å². The molecule has 0 unspecified atom stereocenters. The summed E-state index contributed by atoms with van der Waals surface area (Å²) < 4.78 is 0. The predicted molar refractivity (Wildman–Crippen MR) is 153 cm³/mol. The predicted octanol–water partition coefficient (Wildman–Crippen LogP) is 14.3. The molecule has 0 aliphatic carbocycles. The molecule has 0 amide bonds. The lowest BCUT2D eigenvalue weighted by atomic mass is 11.0. The summed E-state index contributed by atoms with van der Waals surface area (Å²) in [5.74, 6) is 0. The van der Waals surface area contributed by atoms with E-state index in [2.05, 4.69) is 0 Å². The summed E-state index contributed by atoms with van der Waals surface area (Å²) in [4.78, 5) is 0. The molecule has 0 bridgehead atoms. The first kappa shape index (κ1) is 794. The van der Waals surface area contributed by atoms with E-state index < -0.39 is 0 Å².